The normalized spacial score (nSPS) is 17.7. The number of benzene rings is 1. The standard InChI is InChI=1S/C14H21N3O4S.ClH/c1-10-7-13(17(18)19)8-11(2)14(10)22(20,21)16-6-4-12-3-5-15-9-12;/h7-8,12,15-16H,3-6,9H2,1-2H3;1H. The van der Waals surface area contributed by atoms with E-state index in [2.05, 4.69) is 10.0 Å². The molecular formula is C14H22ClN3O4S. The van der Waals surface area contributed by atoms with Gasteiger partial charge in [0.1, 0.15) is 0 Å². The topological polar surface area (TPSA) is 101 Å². The first-order valence-electron chi connectivity index (χ1n) is 7.27. The molecule has 7 nitrogen and oxygen atoms in total. The van der Waals surface area contributed by atoms with Crippen LogP contribution in [0.1, 0.15) is 24.0 Å². The number of nitro benzene ring substituents is 1. The second kappa shape index (κ2) is 8.05. The fourth-order valence-corrected chi connectivity index (χ4v) is 4.38. The summed E-state index contributed by atoms with van der Waals surface area (Å²) < 4.78 is 27.5. The van der Waals surface area contributed by atoms with Crippen LogP contribution in [0.25, 0.3) is 0 Å². The Hall–Kier alpha value is -1.22. The van der Waals surface area contributed by atoms with Crippen LogP contribution in [0, 0.1) is 29.9 Å². The maximum absolute atomic E-state index is 12.4. The maximum atomic E-state index is 12.4. The number of non-ortho nitro benzene ring substituents is 1. The van der Waals surface area contributed by atoms with E-state index >= 15 is 0 Å². The van der Waals surface area contributed by atoms with Gasteiger partial charge in [0, 0.05) is 18.7 Å². The lowest BCUT2D eigenvalue weighted by molar-refractivity contribution is -0.385. The van der Waals surface area contributed by atoms with E-state index in [0.717, 1.165) is 25.9 Å². The largest absolute Gasteiger partial charge is 0.316 e. The SMILES string of the molecule is Cc1cc([N+](=O)[O-])cc(C)c1S(=O)(=O)NCCC1CCNC1.Cl. The Balaban J connectivity index is 0.00000264. The monoisotopic (exact) mass is 363 g/mol. The van der Waals surface area contributed by atoms with E-state index in [0.29, 0.717) is 23.6 Å². The van der Waals surface area contributed by atoms with Gasteiger partial charge in [-0.25, -0.2) is 13.1 Å². The average Bonchev–Trinajstić information content (AvgIpc) is 2.90. The van der Waals surface area contributed by atoms with Gasteiger partial charge in [0.25, 0.3) is 5.69 Å². The Bertz CT molecular complexity index is 650. The van der Waals surface area contributed by atoms with Crippen molar-refractivity contribution in [1.29, 1.82) is 0 Å². The highest BCUT2D eigenvalue weighted by molar-refractivity contribution is 7.89. The Morgan fingerprint density at radius 2 is 1.96 bits per heavy atom. The second-order valence-corrected chi connectivity index (χ2v) is 7.41. The summed E-state index contributed by atoms with van der Waals surface area (Å²) in [7, 11) is -3.65. The van der Waals surface area contributed by atoms with Crippen molar-refractivity contribution in [3.63, 3.8) is 0 Å². The third kappa shape index (κ3) is 4.87. The predicted molar refractivity (Wildman–Crippen MR) is 90.6 cm³/mol. The lowest BCUT2D eigenvalue weighted by Crippen LogP contribution is -2.28. The molecule has 1 aromatic carbocycles. The van der Waals surface area contributed by atoms with Crippen LogP contribution in [0.4, 0.5) is 5.69 Å². The zero-order valence-corrected chi connectivity index (χ0v) is 14.8. The van der Waals surface area contributed by atoms with Crippen LogP contribution in [0.2, 0.25) is 0 Å². The van der Waals surface area contributed by atoms with Crippen molar-refractivity contribution in [2.24, 2.45) is 5.92 Å². The summed E-state index contributed by atoms with van der Waals surface area (Å²) >= 11 is 0. The van der Waals surface area contributed by atoms with Gasteiger partial charge in [-0.15, -0.1) is 12.4 Å². The molecule has 1 fully saturated rings. The van der Waals surface area contributed by atoms with E-state index < -0.39 is 14.9 Å². The maximum Gasteiger partial charge on any atom is 0.270 e. The van der Waals surface area contributed by atoms with Crippen LogP contribution in [-0.2, 0) is 10.0 Å². The number of halogens is 1. The number of nitro groups is 1. The number of rotatable bonds is 6. The van der Waals surface area contributed by atoms with E-state index in [1.54, 1.807) is 13.8 Å². The van der Waals surface area contributed by atoms with Crippen molar-refractivity contribution in [3.8, 4) is 0 Å². The minimum absolute atomic E-state index is 0. The molecule has 1 aromatic rings. The van der Waals surface area contributed by atoms with Gasteiger partial charge in [0.05, 0.1) is 9.82 Å². The number of aryl methyl sites for hydroxylation is 2. The molecule has 0 spiro atoms. The molecule has 1 aliphatic rings. The molecule has 0 aromatic heterocycles. The van der Waals surface area contributed by atoms with Crippen LogP contribution in [0.5, 0.6) is 0 Å². The third-order valence-corrected chi connectivity index (χ3v) is 5.70. The summed E-state index contributed by atoms with van der Waals surface area (Å²) in [6, 6.07) is 2.59. The van der Waals surface area contributed by atoms with Crippen molar-refractivity contribution in [2.45, 2.75) is 31.6 Å². The second-order valence-electron chi connectivity index (χ2n) is 5.71. The molecular weight excluding hydrogens is 342 g/mol. The summed E-state index contributed by atoms with van der Waals surface area (Å²) in [4.78, 5) is 10.4. The molecule has 2 rings (SSSR count). The van der Waals surface area contributed by atoms with E-state index in [1.165, 1.54) is 12.1 Å². The first-order valence-corrected chi connectivity index (χ1v) is 8.75. The number of nitrogens with zero attached hydrogens (tertiary/aromatic N) is 1. The van der Waals surface area contributed by atoms with Crippen molar-refractivity contribution < 1.29 is 13.3 Å². The van der Waals surface area contributed by atoms with Crippen LogP contribution in [0.15, 0.2) is 17.0 Å². The molecule has 1 atom stereocenters. The fraction of sp³-hybridized carbons (Fsp3) is 0.571. The molecule has 1 aliphatic heterocycles. The molecule has 0 amide bonds. The average molecular weight is 364 g/mol. The quantitative estimate of drug-likeness (QED) is 0.593. The van der Waals surface area contributed by atoms with Crippen molar-refractivity contribution in [2.75, 3.05) is 19.6 Å². The number of hydrogen-bond donors (Lipinski definition) is 2. The van der Waals surface area contributed by atoms with Gasteiger partial charge in [-0.1, -0.05) is 0 Å². The highest BCUT2D eigenvalue weighted by atomic mass is 35.5. The predicted octanol–water partition coefficient (Wildman–Crippen LogP) is 1.91. The molecule has 1 saturated heterocycles. The molecule has 0 aliphatic carbocycles. The van der Waals surface area contributed by atoms with E-state index in [4.69, 9.17) is 0 Å². The van der Waals surface area contributed by atoms with E-state index in [-0.39, 0.29) is 23.0 Å². The lowest BCUT2D eigenvalue weighted by Gasteiger charge is -2.13. The zero-order valence-electron chi connectivity index (χ0n) is 13.2. The Morgan fingerprint density at radius 1 is 1.35 bits per heavy atom. The Kier molecular flexibility index (Phi) is 6.94. The number of nitrogens with one attached hydrogen (secondary N) is 2. The first kappa shape index (κ1) is 19.8. The van der Waals surface area contributed by atoms with Crippen molar-refractivity contribution in [3.05, 3.63) is 33.4 Å². The smallest absolute Gasteiger partial charge is 0.270 e. The molecule has 9 heteroatoms. The third-order valence-electron chi connectivity index (χ3n) is 3.93. The van der Waals surface area contributed by atoms with Gasteiger partial charge in [-0.05, 0) is 56.8 Å². The van der Waals surface area contributed by atoms with Gasteiger partial charge >= 0.3 is 0 Å². The highest BCUT2D eigenvalue weighted by Crippen LogP contribution is 2.25. The van der Waals surface area contributed by atoms with Crippen LogP contribution in [-0.4, -0.2) is 33.0 Å². The van der Waals surface area contributed by atoms with Crippen molar-refractivity contribution >= 4 is 28.1 Å². The molecule has 1 heterocycles. The Morgan fingerprint density at radius 3 is 2.43 bits per heavy atom. The first-order chi connectivity index (χ1) is 10.3. The minimum Gasteiger partial charge on any atom is -0.316 e. The van der Waals surface area contributed by atoms with Crippen LogP contribution in [0.3, 0.4) is 0 Å². The number of sulfonamides is 1. The molecule has 23 heavy (non-hydrogen) atoms. The van der Waals surface area contributed by atoms with E-state index in [9.17, 15) is 18.5 Å². The zero-order chi connectivity index (χ0) is 16.3. The summed E-state index contributed by atoms with van der Waals surface area (Å²) in [5.41, 5.74) is 0.689. The van der Waals surface area contributed by atoms with Crippen LogP contribution < -0.4 is 10.0 Å². The molecule has 130 valence electrons. The number of hydrogen-bond acceptors (Lipinski definition) is 5. The summed E-state index contributed by atoms with van der Waals surface area (Å²) in [5.74, 6) is 0.502. The summed E-state index contributed by atoms with van der Waals surface area (Å²) in [6.07, 6.45) is 1.86. The molecule has 2 N–H and O–H groups in total. The van der Waals surface area contributed by atoms with Crippen LogP contribution >= 0.6 is 12.4 Å². The van der Waals surface area contributed by atoms with Gasteiger partial charge in [0.15, 0.2) is 0 Å². The van der Waals surface area contributed by atoms with E-state index in [1.807, 2.05) is 0 Å². The molecule has 0 radical (unpaired) electrons. The molecule has 0 saturated carbocycles. The fourth-order valence-electron chi connectivity index (χ4n) is 2.89. The lowest BCUT2D eigenvalue weighted by atomic mass is 10.1. The Labute approximate surface area is 142 Å². The van der Waals surface area contributed by atoms with Gasteiger partial charge in [-0.3, -0.25) is 10.1 Å². The van der Waals surface area contributed by atoms with Gasteiger partial charge in [0.2, 0.25) is 10.0 Å². The van der Waals surface area contributed by atoms with Gasteiger partial charge in [-0.2, -0.15) is 0 Å². The highest BCUT2D eigenvalue weighted by Gasteiger charge is 2.23. The van der Waals surface area contributed by atoms with Crippen molar-refractivity contribution in [1.82, 2.24) is 10.0 Å². The van der Waals surface area contributed by atoms with Gasteiger partial charge < -0.3 is 5.32 Å². The minimum atomic E-state index is -3.65. The summed E-state index contributed by atoms with van der Waals surface area (Å²) in [6.45, 7) is 5.45. The molecule has 0 bridgehead atoms. The molecule has 1 unspecified atom stereocenters. The summed E-state index contributed by atoms with van der Waals surface area (Å²) in [5, 5.41) is 14.1.